The fourth-order valence-corrected chi connectivity index (χ4v) is 2.96. The molecule has 1 aliphatic heterocycles. The van der Waals surface area contributed by atoms with Crippen LogP contribution in [0.4, 0.5) is 0 Å². The number of carboxylic acid groups (broad SMARTS) is 1. The summed E-state index contributed by atoms with van der Waals surface area (Å²) in [5.41, 5.74) is 0. The van der Waals surface area contributed by atoms with Crippen LogP contribution < -0.4 is 0 Å². The molecule has 1 N–H and O–H groups in total. The predicted molar refractivity (Wildman–Crippen MR) is 68.0 cm³/mol. The average Bonchev–Trinajstić information content (AvgIpc) is 2.86. The van der Waals surface area contributed by atoms with Crippen molar-refractivity contribution >= 4 is 11.9 Å². The smallest absolute Gasteiger partial charge is 0.307 e. The Hall–Kier alpha value is -1.32. The molecule has 1 heterocycles. The zero-order valence-electron chi connectivity index (χ0n) is 10.8. The summed E-state index contributed by atoms with van der Waals surface area (Å²) in [5.74, 6) is -1.10. The number of allylic oxidation sites excluding steroid dienone is 2. The molecule has 0 bridgehead atoms. The minimum Gasteiger partial charge on any atom is -0.481 e. The van der Waals surface area contributed by atoms with Crippen molar-refractivity contribution in [2.24, 2.45) is 17.8 Å². The molecule has 3 unspecified atom stereocenters. The topological polar surface area (TPSA) is 57.6 Å². The fraction of sp³-hybridized carbons (Fsp3) is 0.714. The van der Waals surface area contributed by atoms with Gasteiger partial charge in [0.1, 0.15) is 0 Å². The number of nitrogens with zero attached hydrogens (tertiary/aromatic N) is 1. The molecule has 1 amide bonds. The van der Waals surface area contributed by atoms with Gasteiger partial charge in [-0.3, -0.25) is 9.59 Å². The molecule has 100 valence electrons. The minimum absolute atomic E-state index is 0.0442. The number of carbonyl (C=O) groups excluding carboxylic acids is 1. The van der Waals surface area contributed by atoms with E-state index in [1.54, 1.807) is 0 Å². The Morgan fingerprint density at radius 3 is 2.50 bits per heavy atom. The molecule has 0 aromatic rings. The SMILES string of the molecule is CCC1CCN(C(=O)C2CC=CCC2C(=O)O)C1. The first kappa shape index (κ1) is 13.1. The number of carbonyl (C=O) groups is 2. The van der Waals surface area contributed by atoms with Crippen LogP contribution in [0, 0.1) is 17.8 Å². The number of hydrogen-bond acceptors (Lipinski definition) is 2. The number of carboxylic acids is 1. The van der Waals surface area contributed by atoms with Crippen LogP contribution in [0.25, 0.3) is 0 Å². The molecule has 4 heteroatoms. The van der Waals surface area contributed by atoms with Gasteiger partial charge in [-0.15, -0.1) is 0 Å². The Kier molecular flexibility index (Phi) is 4.04. The Balaban J connectivity index is 2.03. The maximum absolute atomic E-state index is 12.4. The summed E-state index contributed by atoms with van der Waals surface area (Å²) < 4.78 is 0. The summed E-state index contributed by atoms with van der Waals surface area (Å²) >= 11 is 0. The number of amides is 1. The molecule has 0 aromatic carbocycles. The van der Waals surface area contributed by atoms with Crippen LogP contribution in [0.5, 0.6) is 0 Å². The molecular formula is C14H21NO3. The maximum Gasteiger partial charge on any atom is 0.307 e. The first-order chi connectivity index (χ1) is 8.63. The van der Waals surface area contributed by atoms with Gasteiger partial charge in [-0.25, -0.2) is 0 Å². The van der Waals surface area contributed by atoms with Crippen molar-refractivity contribution in [3.8, 4) is 0 Å². The van der Waals surface area contributed by atoms with E-state index in [4.69, 9.17) is 0 Å². The number of likely N-dealkylation sites (tertiary alicyclic amines) is 1. The average molecular weight is 251 g/mol. The second-order valence-electron chi connectivity index (χ2n) is 5.34. The zero-order chi connectivity index (χ0) is 13.1. The highest BCUT2D eigenvalue weighted by Gasteiger charge is 2.38. The molecule has 1 fully saturated rings. The van der Waals surface area contributed by atoms with Crippen LogP contribution >= 0.6 is 0 Å². The van der Waals surface area contributed by atoms with Gasteiger partial charge < -0.3 is 10.0 Å². The lowest BCUT2D eigenvalue weighted by atomic mass is 9.82. The van der Waals surface area contributed by atoms with Gasteiger partial charge >= 0.3 is 5.97 Å². The number of aliphatic carboxylic acids is 1. The Morgan fingerprint density at radius 1 is 1.28 bits per heavy atom. The Bertz CT molecular complexity index is 364. The zero-order valence-corrected chi connectivity index (χ0v) is 10.8. The highest BCUT2D eigenvalue weighted by molar-refractivity contribution is 5.85. The molecule has 1 saturated heterocycles. The third-order valence-corrected chi connectivity index (χ3v) is 4.24. The summed E-state index contributed by atoms with van der Waals surface area (Å²) in [6.45, 7) is 3.74. The van der Waals surface area contributed by atoms with Gasteiger partial charge in [0.25, 0.3) is 0 Å². The first-order valence-electron chi connectivity index (χ1n) is 6.80. The largest absolute Gasteiger partial charge is 0.481 e. The van der Waals surface area contributed by atoms with Crippen LogP contribution in [-0.2, 0) is 9.59 Å². The summed E-state index contributed by atoms with van der Waals surface area (Å²) in [6, 6.07) is 0. The molecule has 2 rings (SSSR count). The minimum atomic E-state index is -0.844. The van der Waals surface area contributed by atoms with Crippen LogP contribution in [0.1, 0.15) is 32.6 Å². The van der Waals surface area contributed by atoms with Crippen molar-refractivity contribution in [1.29, 1.82) is 0 Å². The van der Waals surface area contributed by atoms with E-state index in [0.29, 0.717) is 18.8 Å². The van der Waals surface area contributed by atoms with E-state index in [2.05, 4.69) is 6.92 Å². The van der Waals surface area contributed by atoms with Gasteiger partial charge in [-0.1, -0.05) is 25.5 Å². The number of hydrogen-bond donors (Lipinski definition) is 1. The lowest BCUT2D eigenvalue weighted by Gasteiger charge is -2.28. The summed E-state index contributed by atoms with van der Waals surface area (Å²) in [7, 11) is 0. The highest BCUT2D eigenvalue weighted by atomic mass is 16.4. The van der Waals surface area contributed by atoms with E-state index < -0.39 is 11.9 Å². The lowest BCUT2D eigenvalue weighted by molar-refractivity contribution is -0.150. The van der Waals surface area contributed by atoms with Crippen molar-refractivity contribution in [1.82, 2.24) is 4.90 Å². The van der Waals surface area contributed by atoms with Gasteiger partial charge in [0.15, 0.2) is 0 Å². The standard InChI is InChI=1S/C14H21NO3/c1-2-10-7-8-15(9-10)13(16)11-5-3-4-6-12(11)14(17)18/h3-4,10-12H,2,5-9H2,1H3,(H,17,18). The Labute approximate surface area is 108 Å². The summed E-state index contributed by atoms with van der Waals surface area (Å²) in [6.07, 6.45) is 7.02. The van der Waals surface area contributed by atoms with Crippen molar-refractivity contribution < 1.29 is 14.7 Å². The third kappa shape index (κ3) is 2.57. The molecule has 4 nitrogen and oxygen atoms in total. The van der Waals surface area contributed by atoms with E-state index in [-0.39, 0.29) is 11.8 Å². The molecule has 2 aliphatic rings. The summed E-state index contributed by atoms with van der Waals surface area (Å²) in [5, 5.41) is 9.19. The van der Waals surface area contributed by atoms with Gasteiger partial charge in [0.05, 0.1) is 11.8 Å². The van der Waals surface area contributed by atoms with Gasteiger partial charge in [0, 0.05) is 13.1 Å². The normalized spacial score (nSPS) is 31.6. The van der Waals surface area contributed by atoms with E-state index >= 15 is 0 Å². The first-order valence-corrected chi connectivity index (χ1v) is 6.80. The predicted octanol–water partition coefficient (Wildman–Crippen LogP) is 1.91. The van der Waals surface area contributed by atoms with E-state index in [1.807, 2.05) is 17.1 Å². The van der Waals surface area contributed by atoms with Crippen LogP contribution in [0.2, 0.25) is 0 Å². The molecule has 0 spiro atoms. The van der Waals surface area contributed by atoms with Crippen molar-refractivity contribution in [3.63, 3.8) is 0 Å². The van der Waals surface area contributed by atoms with E-state index in [0.717, 1.165) is 25.9 Å². The van der Waals surface area contributed by atoms with Crippen LogP contribution in [-0.4, -0.2) is 35.0 Å². The highest BCUT2D eigenvalue weighted by Crippen LogP contribution is 2.30. The van der Waals surface area contributed by atoms with Crippen molar-refractivity contribution in [2.45, 2.75) is 32.6 Å². The summed E-state index contributed by atoms with van der Waals surface area (Å²) in [4.78, 5) is 25.5. The van der Waals surface area contributed by atoms with E-state index in [1.165, 1.54) is 0 Å². The maximum atomic E-state index is 12.4. The fourth-order valence-electron chi connectivity index (χ4n) is 2.96. The molecule has 0 radical (unpaired) electrons. The molecule has 0 aromatic heterocycles. The van der Waals surface area contributed by atoms with Gasteiger partial charge in [0.2, 0.25) is 5.91 Å². The quantitative estimate of drug-likeness (QED) is 0.779. The molecule has 1 aliphatic carbocycles. The van der Waals surface area contributed by atoms with E-state index in [9.17, 15) is 14.7 Å². The van der Waals surface area contributed by atoms with Crippen molar-refractivity contribution in [2.75, 3.05) is 13.1 Å². The number of rotatable bonds is 3. The molecule has 3 atom stereocenters. The lowest BCUT2D eigenvalue weighted by Crippen LogP contribution is -2.40. The van der Waals surface area contributed by atoms with Gasteiger partial charge in [-0.2, -0.15) is 0 Å². The van der Waals surface area contributed by atoms with Gasteiger partial charge in [-0.05, 0) is 25.2 Å². The Morgan fingerprint density at radius 2 is 1.94 bits per heavy atom. The van der Waals surface area contributed by atoms with Crippen LogP contribution in [0.3, 0.4) is 0 Å². The monoisotopic (exact) mass is 251 g/mol. The second-order valence-corrected chi connectivity index (χ2v) is 5.34. The molecular weight excluding hydrogens is 230 g/mol. The second kappa shape index (κ2) is 5.55. The molecule has 18 heavy (non-hydrogen) atoms. The van der Waals surface area contributed by atoms with Crippen molar-refractivity contribution in [3.05, 3.63) is 12.2 Å². The third-order valence-electron chi connectivity index (χ3n) is 4.24. The molecule has 0 saturated carbocycles. The van der Waals surface area contributed by atoms with Crippen LogP contribution in [0.15, 0.2) is 12.2 Å².